The summed E-state index contributed by atoms with van der Waals surface area (Å²) in [5.74, 6) is 1.49. The normalized spacial score (nSPS) is 12.6. The SMILES string of the molecule is CCn1nccc1C(C)NCc1ccc(OCC(C)C)cc1. The van der Waals surface area contributed by atoms with E-state index in [1.165, 1.54) is 11.3 Å². The predicted molar refractivity (Wildman–Crippen MR) is 89.9 cm³/mol. The van der Waals surface area contributed by atoms with Crippen molar-refractivity contribution >= 4 is 0 Å². The van der Waals surface area contributed by atoms with E-state index in [1.54, 1.807) is 0 Å². The van der Waals surface area contributed by atoms with Crippen molar-refractivity contribution in [3.8, 4) is 5.75 Å². The quantitative estimate of drug-likeness (QED) is 0.806. The van der Waals surface area contributed by atoms with Crippen LogP contribution in [-0.4, -0.2) is 16.4 Å². The van der Waals surface area contributed by atoms with Gasteiger partial charge in [0.1, 0.15) is 5.75 Å². The number of benzene rings is 1. The van der Waals surface area contributed by atoms with Crippen molar-refractivity contribution in [2.75, 3.05) is 6.61 Å². The van der Waals surface area contributed by atoms with Gasteiger partial charge in [0.25, 0.3) is 0 Å². The first-order valence-electron chi connectivity index (χ1n) is 8.07. The molecule has 4 heteroatoms. The molecular weight excluding hydrogens is 274 g/mol. The number of aryl methyl sites for hydroxylation is 1. The average Bonchev–Trinajstić information content (AvgIpc) is 3.00. The van der Waals surface area contributed by atoms with Gasteiger partial charge in [0.2, 0.25) is 0 Å². The minimum absolute atomic E-state index is 0.277. The van der Waals surface area contributed by atoms with Gasteiger partial charge in [0.15, 0.2) is 0 Å². The van der Waals surface area contributed by atoms with E-state index in [0.717, 1.165) is 25.4 Å². The van der Waals surface area contributed by atoms with Gasteiger partial charge in [-0.1, -0.05) is 26.0 Å². The lowest BCUT2D eigenvalue weighted by Crippen LogP contribution is -2.21. The molecule has 0 aliphatic rings. The third-order valence-electron chi connectivity index (χ3n) is 3.61. The van der Waals surface area contributed by atoms with Crippen molar-refractivity contribution in [2.45, 2.75) is 46.8 Å². The van der Waals surface area contributed by atoms with Crippen molar-refractivity contribution in [1.29, 1.82) is 0 Å². The summed E-state index contributed by atoms with van der Waals surface area (Å²) in [6, 6.07) is 10.7. The second-order valence-corrected chi connectivity index (χ2v) is 6.02. The van der Waals surface area contributed by atoms with E-state index in [9.17, 15) is 0 Å². The molecule has 0 amide bonds. The fourth-order valence-electron chi connectivity index (χ4n) is 2.32. The van der Waals surface area contributed by atoms with E-state index in [0.29, 0.717) is 5.92 Å². The summed E-state index contributed by atoms with van der Waals surface area (Å²) in [7, 11) is 0. The highest BCUT2D eigenvalue weighted by Gasteiger charge is 2.09. The maximum absolute atomic E-state index is 5.71. The molecule has 0 aliphatic carbocycles. The number of hydrogen-bond acceptors (Lipinski definition) is 3. The minimum Gasteiger partial charge on any atom is -0.493 e. The van der Waals surface area contributed by atoms with E-state index in [-0.39, 0.29) is 6.04 Å². The third-order valence-corrected chi connectivity index (χ3v) is 3.61. The topological polar surface area (TPSA) is 39.1 Å². The molecule has 1 atom stereocenters. The average molecular weight is 301 g/mol. The number of ether oxygens (including phenoxy) is 1. The highest BCUT2D eigenvalue weighted by molar-refractivity contribution is 5.27. The fourth-order valence-corrected chi connectivity index (χ4v) is 2.32. The molecule has 1 aromatic carbocycles. The molecule has 0 radical (unpaired) electrons. The summed E-state index contributed by atoms with van der Waals surface area (Å²) in [5, 5.41) is 7.86. The lowest BCUT2D eigenvalue weighted by molar-refractivity contribution is 0.271. The van der Waals surface area contributed by atoms with Crippen LogP contribution in [0.4, 0.5) is 0 Å². The van der Waals surface area contributed by atoms with Crippen molar-refractivity contribution in [3.05, 3.63) is 47.8 Å². The lowest BCUT2D eigenvalue weighted by atomic mass is 10.2. The van der Waals surface area contributed by atoms with Crippen molar-refractivity contribution in [3.63, 3.8) is 0 Å². The molecule has 4 nitrogen and oxygen atoms in total. The smallest absolute Gasteiger partial charge is 0.119 e. The van der Waals surface area contributed by atoms with E-state index in [1.807, 2.05) is 23.0 Å². The Bertz CT molecular complexity index is 560. The Hall–Kier alpha value is -1.81. The van der Waals surface area contributed by atoms with Crippen LogP contribution < -0.4 is 10.1 Å². The van der Waals surface area contributed by atoms with E-state index in [2.05, 4.69) is 56.3 Å². The summed E-state index contributed by atoms with van der Waals surface area (Å²) in [6.07, 6.45) is 1.86. The first-order valence-corrected chi connectivity index (χ1v) is 8.07. The second kappa shape index (κ2) is 7.99. The Morgan fingerprint density at radius 3 is 2.50 bits per heavy atom. The molecule has 1 N–H and O–H groups in total. The third kappa shape index (κ3) is 4.60. The van der Waals surface area contributed by atoms with Crippen LogP contribution in [0.3, 0.4) is 0 Å². The molecule has 22 heavy (non-hydrogen) atoms. The number of aromatic nitrogens is 2. The highest BCUT2D eigenvalue weighted by Crippen LogP contribution is 2.15. The summed E-state index contributed by atoms with van der Waals surface area (Å²) < 4.78 is 7.73. The van der Waals surface area contributed by atoms with Crippen LogP contribution >= 0.6 is 0 Å². The number of nitrogens with one attached hydrogen (secondary N) is 1. The van der Waals surface area contributed by atoms with Gasteiger partial charge in [-0.05, 0) is 43.5 Å². The van der Waals surface area contributed by atoms with E-state index in [4.69, 9.17) is 4.74 Å². The Kier molecular flexibility index (Phi) is 6.01. The molecule has 1 unspecified atom stereocenters. The van der Waals surface area contributed by atoms with Gasteiger partial charge in [-0.25, -0.2) is 0 Å². The number of nitrogens with zero attached hydrogens (tertiary/aromatic N) is 2. The van der Waals surface area contributed by atoms with Crippen LogP contribution in [0.15, 0.2) is 36.5 Å². The largest absolute Gasteiger partial charge is 0.493 e. The monoisotopic (exact) mass is 301 g/mol. The van der Waals surface area contributed by atoms with Crippen molar-refractivity contribution < 1.29 is 4.74 Å². The molecule has 0 fully saturated rings. The Labute approximate surface area is 133 Å². The van der Waals surface area contributed by atoms with Crippen LogP contribution in [0.1, 0.15) is 45.0 Å². The highest BCUT2D eigenvalue weighted by atomic mass is 16.5. The number of hydrogen-bond donors (Lipinski definition) is 1. The minimum atomic E-state index is 0.277. The van der Waals surface area contributed by atoms with E-state index < -0.39 is 0 Å². The Balaban J connectivity index is 1.86. The van der Waals surface area contributed by atoms with Gasteiger partial charge in [-0.2, -0.15) is 5.10 Å². The summed E-state index contributed by atoms with van der Waals surface area (Å²) >= 11 is 0. The number of rotatable bonds is 8. The van der Waals surface area contributed by atoms with E-state index >= 15 is 0 Å². The summed E-state index contributed by atoms with van der Waals surface area (Å²) in [4.78, 5) is 0. The van der Waals surface area contributed by atoms with Gasteiger partial charge in [-0.3, -0.25) is 4.68 Å². The Morgan fingerprint density at radius 2 is 1.86 bits per heavy atom. The van der Waals surface area contributed by atoms with Crippen molar-refractivity contribution in [2.24, 2.45) is 5.92 Å². The van der Waals surface area contributed by atoms with Gasteiger partial charge < -0.3 is 10.1 Å². The molecule has 0 spiro atoms. The van der Waals surface area contributed by atoms with Gasteiger partial charge >= 0.3 is 0 Å². The van der Waals surface area contributed by atoms with Gasteiger partial charge in [-0.15, -0.1) is 0 Å². The van der Waals surface area contributed by atoms with Crippen LogP contribution in [0.25, 0.3) is 0 Å². The second-order valence-electron chi connectivity index (χ2n) is 6.02. The summed E-state index contributed by atoms with van der Waals surface area (Å²) in [5.41, 5.74) is 2.48. The zero-order valence-electron chi connectivity index (χ0n) is 14.0. The lowest BCUT2D eigenvalue weighted by Gasteiger charge is -2.15. The molecule has 0 saturated heterocycles. The molecular formula is C18H27N3O. The molecule has 0 aliphatic heterocycles. The molecule has 0 saturated carbocycles. The summed E-state index contributed by atoms with van der Waals surface area (Å²) in [6.45, 7) is 11.1. The predicted octanol–water partition coefficient (Wildman–Crippen LogP) is 3.79. The van der Waals surface area contributed by atoms with Crippen LogP contribution in [0, 0.1) is 5.92 Å². The van der Waals surface area contributed by atoms with Gasteiger partial charge in [0, 0.05) is 25.3 Å². The first-order chi connectivity index (χ1) is 10.6. The molecule has 2 rings (SSSR count). The molecule has 1 heterocycles. The van der Waals surface area contributed by atoms with Gasteiger partial charge in [0.05, 0.1) is 12.3 Å². The maximum atomic E-state index is 5.71. The zero-order chi connectivity index (χ0) is 15.9. The Morgan fingerprint density at radius 1 is 1.14 bits per heavy atom. The zero-order valence-corrected chi connectivity index (χ0v) is 14.0. The molecule has 0 bridgehead atoms. The van der Waals surface area contributed by atoms with Crippen molar-refractivity contribution in [1.82, 2.24) is 15.1 Å². The van der Waals surface area contributed by atoms with Crippen LogP contribution in [0.2, 0.25) is 0 Å². The fraction of sp³-hybridized carbons (Fsp3) is 0.500. The molecule has 120 valence electrons. The maximum Gasteiger partial charge on any atom is 0.119 e. The molecule has 2 aromatic rings. The standard InChI is InChI=1S/C18H27N3O/c1-5-21-18(10-11-20-21)15(4)19-12-16-6-8-17(9-7-16)22-13-14(2)3/h6-11,14-15,19H,5,12-13H2,1-4H3. The molecule has 1 aromatic heterocycles. The first kappa shape index (κ1) is 16.6. The van der Waals surface area contributed by atoms with Crippen LogP contribution in [-0.2, 0) is 13.1 Å². The van der Waals surface area contributed by atoms with Crippen LogP contribution in [0.5, 0.6) is 5.75 Å².